The van der Waals surface area contributed by atoms with Gasteiger partial charge in [0.05, 0.1) is 15.9 Å². The number of hydrogen-bond acceptors (Lipinski definition) is 3. The van der Waals surface area contributed by atoms with E-state index in [1.165, 1.54) is 0 Å². The molecular weight excluding hydrogens is 414 g/mol. The highest BCUT2D eigenvalue weighted by molar-refractivity contribution is 9.10. The van der Waals surface area contributed by atoms with Gasteiger partial charge in [0.2, 0.25) is 0 Å². The number of sulfonamides is 1. The third kappa shape index (κ3) is 3.36. The monoisotopic (exact) mass is 427 g/mol. The number of nitrogens with one attached hydrogen (secondary N) is 2. The average molecular weight is 428 g/mol. The zero-order valence-corrected chi connectivity index (χ0v) is 15.9. The lowest BCUT2D eigenvalue weighted by Crippen LogP contribution is -2.12. The Morgan fingerprint density at radius 3 is 2.27 bits per heavy atom. The number of hydrogen-bond donors (Lipinski definition) is 2. The fourth-order valence-corrected chi connectivity index (χ4v) is 3.94. The van der Waals surface area contributed by atoms with E-state index < -0.39 is 10.0 Å². The van der Waals surface area contributed by atoms with E-state index in [2.05, 4.69) is 30.6 Å². The van der Waals surface area contributed by atoms with E-state index in [-0.39, 0.29) is 4.90 Å². The van der Waals surface area contributed by atoms with Gasteiger partial charge in [-0.05, 0) is 60.7 Å². The summed E-state index contributed by atoms with van der Waals surface area (Å²) in [5.41, 5.74) is 3.23. The molecule has 0 aliphatic carbocycles. The van der Waals surface area contributed by atoms with Gasteiger partial charge in [-0.1, -0.05) is 28.1 Å². The molecule has 0 atom stereocenters. The third-order valence-electron chi connectivity index (χ3n) is 3.92. The first-order valence-electron chi connectivity index (χ1n) is 7.85. The van der Waals surface area contributed by atoms with E-state index in [0.717, 1.165) is 26.9 Å². The molecule has 130 valence electrons. The van der Waals surface area contributed by atoms with Crippen molar-refractivity contribution in [3.63, 3.8) is 0 Å². The molecule has 2 N–H and O–H groups in total. The summed E-state index contributed by atoms with van der Waals surface area (Å²) in [6.07, 6.45) is 0. The van der Waals surface area contributed by atoms with Crippen molar-refractivity contribution in [2.45, 2.75) is 4.90 Å². The van der Waals surface area contributed by atoms with Gasteiger partial charge < -0.3 is 4.98 Å². The molecule has 26 heavy (non-hydrogen) atoms. The third-order valence-corrected chi connectivity index (χ3v) is 5.85. The summed E-state index contributed by atoms with van der Waals surface area (Å²) in [4.78, 5) is 8.01. The van der Waals surface area contributed by atoms with Crippen molar-refractivity contribution >= 4 is 42.7 Å². The van der Waals surface area contributed by atoms with Crippen molar-refractivity contribution in [2.24, 2.45) is 0 Å². The van der Waals surface area contributed by atoms with E-state index in [4.69, 9.17) is 0 Å². The summed E-state index contributed by atoms with van der Waals surface area (Å²) in [6, 6.07) is 21.4. The van der Waals surface area contributed by atoms with Gasteiger partial charge in [0.25, 0.3) is 10.0 Å². The summed E-state index contributed by atoms with van der Waals surface area (Å²) in [6.45, 7) is 0. The second kappa shape index (κ2) is 6.59. The van der Waals surface area contributed by atoms with Gasteiger partial charge in [0, 0.05) is 15.7 Å². The van der Waals surface area contributed by atoms with Crippen LogP contribution in [0, 0.1) is 0 Å². The number of nitrogens with zero attached hydrogens (tertiary/aromatic N) is 1. The first-order chi connectivity index (χ1) is 12.5. The molecule has 7 heteroatoms. The first-order valence-corrected chi connectivity index (χ1v) is 10.1. The number of benzene rings is 3. The molecule has 0 fully saturated rings. The maximum absolute atomic E-state index is 12.4. The van der Waals surface area contributed by atoms with Crippen LogP contribution in [-0.2, 0) is 10.0 Å². The lowest BCUT2D eigenvalue weighted by Gasteiger charge is -2.08. The van der Waals surface area contributed by atoms with E-state index in [1.807, 2.05) is 36.4 Å². The van der Waals surface area contributed by atoms with E-state index in [0.29, 0.717) is 5.69 Å². The Bertz CT molecular complexity index is 1130. The molecule has 3 aromatic carbocycles. The Morgan fingerprint density at radius 2 is 1.58 bits per heavy atom. The highest BCUT2D eigenvalue weighted by Crippen LogP contribution is 2.23. The Hall–Kier alpha value is -2.64. The van der Waals surface area contributed by atoms with Crippen LogP contribution in [0.4, 0.5) is 5.69 Å². The molecule has 0 aliphatic rings. The van der Waals surface area contributed by atoms with Crippen molar-refractivity contribution in [3.05, 3.63) is 77.3 Å². The number of rotatable bonds is 4. The van der Waals surface area contributed by atoms with Gasteiger partial charge in [-0.3, -0.25) is 4.72 Å². The number of fused-ring (bicyclic) bond motifs is 1. The van der Waals surface area contributed by atoms with Crippen LogP contribution in [0.2, 0.25) is 0 Å². The molecule has 0 radical (unpaired) electrons. The highest BCUT2D eigenvalue weighted by atomic mass is 79.9. The van der Waals surface area contributed by atoms with Crippen LogP contribution in [0.25, 0.3) is 22.4 Å². The van der Waals surface area contributed by atoms with Crippen LogP contribution in [0.1, 0.15) is 0 Å². The minimum absolute atomic E-state index is 0.210. The van der Waals surface area contributed by atoms with Crippen molar-refractivity contribution in [1.82, 2.24) is 9.97 Å². The Labute approximate surface area is 159 Å². The summed E-state index contributed by atoms with van der Waals surface area (Å²) < 4.78 is 28.3. The molecule has 5 nitrogen and oxygen atoms in total. The maximum Gasteiger partial charge on any atom is 0.261 e. The summed E-state index contributed by atoms with van der Waals surface area (Å²) >= 11 is 3.30. The first kappa shape index (κ1) is 16.8. The molecule has 1 aromatic heterocycles. The van der Waals surface area contributed by atoms with Crippen LogP contribution in [0.5, 0.6) is 0 Å². The fourth-order valence-electron chi connectivity index (χ4n) is 2.61. The second-order valence-corrected chi connectivity index (χ2v) is 8.34. The van der Waals surface area contributed by atoms with Crippen LogP contribution < -0.4 is 4.72 Å². The summed E-state index contributed by atoms with van der Waals surface area (Å²) in [5, 5.41) is 0. The maximum atomic E-state index is 12.4. The zero-order chi connectivity index (χ0) is 18.1. The van der Waals surface area contributed by atoms with Gasteiger partial charge in [-0.2, -0.15) is 0 Å². The van der Waals surface area contributed by atoms with Gasteiger partial charge in [-0.25, -0.2) is 13.4 Å². The van der Waals surface area contributed by atoms with Crippen LogP contribution >= 0.6 is 15.9 Å². The number of imidazole rings is 1. The van der Waals surface area contributed by atoms with Gasteiger partial charge >= 0.3 is 0 Å². The molecule has 4 rings (SSSR count). The lowest BCUT2D eigenvalue weighted by atomic mass is 10.2. The van der Waals surface area contributed by atoms with Crippen molar-refractivity contribution in [2.75, 3.05) is 4.72 Å². The fraction of sp³-hybridized carbons (Fsp3) is 0. The molecule has 0 bridgehead atoms. The van der Waals surface area contributed by atoms with Crippen molar-refractivity contribution < 1.29 is 8.42 Å². The van der Waals surface area contributed by atoms with Crippen LogP contribution in [0.15, 0.2) is 82.2 Å². The standard InChI is InChI=1S/C19H14BrN3O2S/c20-14-7-11-16(12-8-14)26(24,25)23-15-9-5-13(6-10-15)19-21-17-3-1-2-4-18(17)22-19/h1-12,23H,(H,21,22). The number of aromatic nitrogens is 2. The van der Waals surface area contributed by atoms with Gasteiger partial charge in [-0.15, -0.1) is 0 Å². The van der Waals surface area contributed by atoms with Crippen LogP contribution in [0.3, 0.4) is 0 Å². The highest BCUT2D eigenvalue weighted by Gasteiger charge is 2.14. The molecule has 0 aliphatic heterocycles. The molecular formula is C19H14BrN3O2S. The predicted molar refractivity (Wildman–Crippen MR) is 106 cm³/mol. The van der Waals surface area contributed by atoms with Gasteiger partial charge in [0.15, 0.2) is 0 Å². The minimum atomic E-state index is -3.62. The minimum Gasteiger partial charge on any atom is -0.338 e. The van der Waals surface area contributed by atoms with E-state index in [1.54, 1.807) is 36.4 Å². The average Bonchev–Trinajstić information content (AvgIpc) is 3.06. The number of para-hydroxylation sites is 2. The number of H-pyrrole nitrogens is 1. The number of anilines is 1. The number of aromatic amines is 1. The molecule has 0 saturated heterocycles. The topological polar surface area (TPSA) is 74.8 Å². The molecule has 0 spiro atoms. The molecule has 1 heterocycles. The number of halogens is 1. The SMILES string of the molecule is O=S(=O)(Nc1ccc(-c2nc3ccccc3[nH]2)cc1)c1ccc(Br)cc1. The lowest BCUT2D eigenvalue weighted by molar-refractivity contribution is 0.601. The molecule has 0 saturated carbocycles. The zero-order valence-electron chi connectivity index (χ0n) is 13.5. The Balaban J connectivity index is 1.58. The van der Waals surface area contributed by atoms with Crippen molar-refractivity contribution in [3.8, 4) is 11.4 Å². The van der Waals surface area contributed by atoms with E-state index >= 15 is 0 Å². The molecule has 4 aromatic rings. The Kier molecular flexibility index (Phi) is 4.26. The van der Waals surface area contributed by atoms with Crippen LogP contribution in [-0.4, -0.2) is 18.4 Å². The summed E-state index contributed by atoms with van der Waals surface area (Å²) in [7, 11) is -3.62. The normalized spacial score (nSPS) is 11.6. The molecule has 0 unspecified atom stereocenters. The second-order valence-electron chi connectivity index (χ2n) is 5.74. The van der Waals surface area contributed by atoms with Crippen molar-refractivity contribution in [1.29, 1.82) is 0 Å². The van der Waals surface area contributed by atoms with E-state index in [9.17, 15) is 8.42 Å². The van der Waals surface area contributed by atoms with Gasteiger partial charge in [0.1, 0.15) is 5.82 Å². The predicted octanol–water partition coefficient (Wildman–Crippen LogP) is 4.79. The summed E-state index contributed by atoms with van der Waals surface area (Å²) in [5.74, 6) is 0.744. The molecule has 0 amide bonds. The smallest absolute Gasteiger partial charge is 0.261 e. The Morgan fingerprint density at radius 1 is 0.885 bits per heavy atom. The largest absolute Gasteiger partial charge is 0.338 e. The quantitative estimate of drug-likeness (QED) is 0.491.